The van der Waals surface area contributed by atoms with Crippen LogP contribution in [0.25, 0.3) is 0 Å². The van der Waals surface area contributed by atoms with Gasteiger partial charge in [-0.15, -0.1) is 35.7 Å². The molecular formula is C16H24F4IN3S. The van der Waals surface area contributed by atoms with Gasteiger partial charge in [0.05, 0.1) is 0 Å². The second kappa shape index (κ2) is 13.5. The van der Waals surface area contributed by atoms with Gasteiger partial charge in [-0.25, -0.2) is 4.39 Å². The molecule has 2 N–H and O–H groups in total. The van der Waals surface area contributed by atoms with Crippen LogP contribution in [0.3, 0.4) is 0 Å². The van der Waals surface area contributed by atoms with Crippen LogP contribution in [0.4, 0.5) is 17.6 Å². The molecule has 1 aromatic carbocycles. The molecule has 0 aliphatic carbocycles. The van der Waals surface area contributed by atoms with Crippen LogP contribution < -0.4 is 10.6 Å². The summed E-state index contributed by atoms with van der Waals surface area (Å²) in [7, 11) is 1.62. The number of halogens is 5. The molecule has 0 radical (unpaired) electrons. The summed E-state index contributed by atoms with van der Waals surface area (Å²) in [4.78, 5) is 5.04. The highest BCUT2D eigenvalue weighted by Gasteiger charge is 2.25. The van der Waals surface area contributed by atoms with Gasteiger partial charge in [-0.05, 0) is 49.3 Å². The maximum absolute atomic E-state index is 12.8. The SMILES string of the molecule is CN=C(NCCCCC(F)(F)F)NCCCSc1ccc(F)cc1.I. The first-order valence-corrected chi connectivity index (χ1v) is 8.79. The number of nitrogens with zero attached hydrogens (tertiary/aromatic N) is 1. The molecule has 144 valence electrons. The quantitative estimate of drug-likeness (QED) is 0.129. The Balaban J connectivity index is 0.00000576. The van der Waals surface area contributed by atoms with Crippen LogP contribution in [0.1, 0.15) is 25.7 Å². The fraction of sp³-hybridized carbons (Fsp3) is 0.562. The van der Waals surface area contributed by atoms with Gasteiger partial charge < -0.3 is 10.6 Å². The topological polar surface area (TPSA) is 36.4 Å². The van der Waals surface area contributed by atoms with Crippen molar-refractivity contribution in [3.8, 4) is 0 Å². The predicted octanol–water partition coefficient (Wildman–Crippen LogP) is 4.82. The Morgan fingerprint density at radius 1 is 1.04 bits per heavy atom. The number of guanidine groups is 1. The Hall–Kier alpha value is -0.710. The van der Waals surface area contributed by atoms with Gasteiger partial charge >= 0.3 is 6.18 Å². The van der Waals surface area contributed by atoms with Crippen molar-refractivity contribution in [2.45, 2.75) is 36.8 Å². The van der Waals surface area contributed by atoms with Crippen molar-refractivity contribution in [1.82, 2.24) is 10.6 Å². The highest BCUT2D eigenvalue weighted by Crippen LogP contribution is 2.21. The van der Waals surface area contributed by atoms with E-state index in [1.165, 1.54) is 12.1 Å². The minimum absolute atomic E-state index is 0. The largest absolute Gasteiger partial charge is 0.389 e. The Bertz CT molecular complexity index is 495. The number of hydrogen-bond acceptors (Lipinski definition) is 2. The number of unbranched alkanes of at least 4 members (excludes halogenated alkanes) is 1. The third kappa shape index (κ3) is 13.2. The highest BCUT2D eigenvalue weighted by atomic mass is 127. The lowest BCUT2D eigenvalue weighted by Gasteiger charge is -2.12. The zero-order valence-corrected chi connectivity index (χ0v) is 17.2. The second-order valence-corrected chi connectivity index (χ2v) is 6.32. The number of nitrogens with one attached hydrogen (secondary N) is 2. The molecule has 0 atom stereocenters. The van der Waals surface area contributed by atoms with Gasteiger partial charge in [0.25, 0.3) is 0 Å². The zero-order chi connectivity index (χ0) is 17.8. The van der Waals surface area contributed by atoms with Crippen molar-refractivity contribution < 1.29 is 17.6 Å². The van der Waals surface area contributed by atoms with Crippen molar-refractivity contribution in [3.63, 3.8) is 0 Å². The van der Waals surface area contributed by atoms with Crippen LogP contribution >= 0.6 is 35.7 Å². The molecule has 9 heteroatoms. The maximum atomic E-state index is 12.8. The number of rotatable bonds is 9. The van der Waals surface area contributed by atoms with E-state index in [-0.39, 0.29) is 36.2 Å². The van der Waals surface area contributed by atoms with Crippen molar-refractivity contribution in [2.24, 2.45) is 4.99 Å². The van der Waals surface area contributed by atoms with E-state index in [1.54, 1.807) is 30.9 Å². The zero-order valence-electron chi connectivity index (χ0n) is 14.0. The van der Waals surface area contributed by atoms with Crippen molar-refractivity contribution >= 4 is 41.7 Å². The Kier molecular flexibility index (Phi) is 13.1. The summed E-state index contributed by atoms with van der Waals surface area (Å²) >= 11 is 1.64. The van der Waals surface area contributed by atoms with E-state index >= 15 is 0 Å². The van der Waals surface area contributed by atoms with Crippen LogP contribution in [0.15, 0.2) is 34.2 Å². The molecule has 0 unspecified atom stereocenters. The second-order valence-electron chi connectivity index (χ2n) is 5.15. The molecular weight excluding hydrogens is 469 g/mol. The van der Waals surface area contributed by atoms with Crippen LogP contribution in [0.2, 0.25) is 0 Å². The normalized spacial score (nSPS) is 11.8. The smallest absolute Gasteiger partial charge is 0.356 e. The third-order valence-electron chi connectivity index (χ3n) is 3.10. The molecule has 3 nitrogen and oxygen atoms in total. The van der Waals surface area contributed by atoms with Crippen LogP contribution in [-0.2, 0) is 0 Å². The first-order valence-electron chi connectivity index (χ1n) is 7.80. The van der Waals surface area contributed by atoms with E-state index in [0.29, 0.717) is 25.5 Å². The minimum Gasteiger partial charge on any atom is -0.356 e. The van der Waals surface area contributed by atoms with Gasteiger partial charge in [-0.1, -0.05) is 0 Å². The van der Waals surface area contributed by atoms with E-state index in [1.807, 2.05) is 0 Å². The Morgan fingerprint density at radius 3 is 2.20 bits per heavy atom. The lowest BCUT2D eigenvalue weighted by molar-refractivity contribution is -0.135. The van der Waals surface area contributed by atoms with Crippen molar-refractivity contribution in [3.05, 3.63) is 30.1 Å². The van der Waals surface area contributed by atoms with Crippen LogP contribution in [0, 0.1) is 5.82 Å². The Morgan fingerprint density at radius 2 is 1.64 bits per heavy atom. The third-order valence-corrected chi connectivity index (χ3v) is 4.20. The number of aliphatic imine (C=N–C) groups is 1. The number of thioether (sulfide) groups is 1. The maximum Gasteiger partial charge on any atom is 0.389 e. The average molecular weight is 493 g/mol. The van der Waals surface area contributed by atoms with Gasteiger partial charge in [-0.2, -0.15) is 13.2 Å². The fourth-order valence-corrected chi connectivity index (χ4v) is 2.73. The minimum atomic E-state index is -4.08. The van der Waals surface area contributed by atoms with Crippen LogP contribution in [0.5, 0.6) is 0 Å². The monoisotopic (exact) mass is 493 g/mol. The summed E-state index contributed by atoms with van der Waals surface area (Å²) in [6.07, 6.45) is -3.39. The van der Waals surface area contributed by atoms with E-state index < -0.39 is 12.6 Å². The highest BCUT2D eigenvalue weighted by molar-refractivity contribution is 14.0. The first-order chi connectivity index (χ1) is 11.4. The molecule has 0 amide bonds. The number of benzene rings is 1. The molecule has 0 fully saturated rings. The van der Waals surface area contributed by atoms with Gasteiger partial charge in [0.1, 0.15) is 5.82 Å². The van der Waals surface area contributed by atoms with Gasteiger partial charge in [0.2, 0.25) is 0 Å². The molecule has 1 rings (SSSR count). The Labute approximate surface area is 167 Å². The molecule has 0 heterocycles. The summed E-state index contributed by atoms with van der Waals surface area (Å²) < 4.78 is 48.8. The number of hydrogen-bond donors (Lipinski definition) is 2. The average Bonchev–Trinajstić information content (AvgIpc) is 2.53. The predicted molar refractivity (Wildman–Crippen MR) is 106 cm³/mol. The lowest BCUT2D eigenvalue weighted by atomic mass is 10.2. The summed E-state index contributed by atoms with van der Waals surface area (Å²) in [6, 6.07) is 6.36. The van der Waals surface area contributed by atoms with Crippen molar-refractivity contribution in [1.29, 1.82) is 0 Å². The molecule has 0 saturated heterocycles. The lowest BCUT2D eigenvalue weighted by Crippen LogP contribution is -2.38. The van der Waals surface area contributed by atoms with E-state index in [9.17, 15) is 17.6 Å². The summed E-state index contributed by atoms with van der Waals surface area (Å²) in [6.45, 7) is 1.16. The van der Waals surface area contributed by atoms with E-state index in [0.717, 1.165) is 17.1 Å². The molecule has 1 aromatic rings. The molecule has 0 aliphatic rings. The fourth-order valence-electron chi connectivity index (χ4n) is 1.88. The summed E-state index contributed by atoms with van der Waals surface area (Å²) in [5.41, 5.74) is 0. The van der Waals surface area contributed by atoms with Gasteiger partial charge in [0.15, 0.2) is 5.96 Å². The molecule has 25 heavy (non-hydrogen) atoms. The van der Waals surface area contributed by atoms with Crippen LogP contribution in [-0.4, -0.2) is 38.0 Å². The number of alkyl halides is 3. The van der Waals surface area contributed by atoms with E-state index in [2.05, 4.69) is 15.6 Å². The molecule has 0 aromatic heterocycles. The van der Waals surface area contributed by atoms with Crippen molar-refractivity contribution in [2.75, 3.05) is 25.9 Å². The molecule has 0 spiro atoms. The van der Waals surface area contributed by atoms with Gasteiger partial charge in [-0.3, -0.25) is 4.99 Å². The summed E-state index contributed by atoms with van der Waals surface area (Å²) in [5, 5.41) is 6.11. The summed E-state index contributed by atoms with van der Waals surface area (Å²) in [5.74, 6) is 1.22. The van der Waals surface area contributed by atoms with Gasteiger partial charge in [0, 0.05) is 31.5 Å². The molecule has 0 aliphatic heterocycles. The first kappa shape index (κ1) is 24.3. The standard InChI is InChI=1S/C16H23F4N3S.HI/c1-21-15(22-10-3-2-9-16(18,19)20)23-11-4-12-24-14-7-5-13(17)6-8-14;/h5-8H,2-4,9-12H2,1H3,(H2,21,22,23);1H. The van der Waals surface area contributed by atoms with E-state index in [4.69, 9.17) is 0 Å². The molecule has 0 saturated carbocycles. The molecule has 0 bridgehead atoms.